The van der Waals surface area contributed by atoms with Gasteiger partial charge in [0.25, 0.3) is 0 Å². The van der Waals surface area contributed by atoms with Gasteiger partial charge in [-0.3, -0.25) is 0 Å². The van der Waals surface area contributed by atoms with Crippen molar-refractivity contribution in [1.29, 1.82) is 0 Å². The Morgan fingerprint density at radius 1 is 1.17 bits per heavy atom. The second-order valence-corrected chi connectivity index (χ2v) is 5.60. The van der Waals surface area contributed by atoms with Crippen LogP contribution in [0, 0.1) is 0 Å². The van der Waals surface area contributed by atoms with E-state index in [1.165, 1.54) is 5.56 Å². The third kappa shape index (κ3) is 2.45. The molecule has 0 amide bonds. The van der Waals surface area contributed by atoms with Gasteiger partial charge in [0, 0.05) is 11.5 Å². The first-order valence-electron chi connectivity index (χ1n) is 6.49. The molecule has 3 heteroatoms. The highest BCUT2D eigenvalue weighted by Gasteiger charge is 2.23. The Bertz CT molecular complexity index is 494. The van der Waals surface area contributed by atoms with E-state index < -0.39 is 0 Å². The molecule has 0 bridgehead atoms. The zero-order valence-corrected chi connectivity index (χ0v) is 11.6. The molecule has 0 aliphatic rings. The molecule has 1 unspecified atom stereocenters. The summed E-state index contributed by atoms with van der Waals surface area (Å²) in [4.78, 5) is 0. The van der Waals surface area contributed by atoms with Crippen LogP contribution in [0.2, 0.25) is 0 Å². The zero-order valence-electron chi connectivity index (χ0n) is 11.6. The van der Waals surface area contributed by atoms with Gasteiger partial charge < -0.3 is 4.57 Å². The van der Waals surface area contributed by atoms with Gasteiger partial charge in [0.15, 0.2) is 0 Å². The number of aromatic nitrogens is 3. The van der Waals surface area contributed by atoms with E-state index >= 15 is 0 Å². The third-order valence-corrected chi connectivity index (χ3v) is 3.22. The summed E-state index contributed by atoms with van der Waals surface area (Å²) >= 11 is 0. The van der Waals surface area contributed by atoms with Gasteiger partial charge >= 0.3 is 0 Å². The molecule has 2 rings (SSSR count). The molecular formula is C15H21N3. The normalized spacial score (nSPS) is 13.6. The largest absolute Gasteiger partial charge is 0.312 e. The topological polar surface area (TPSA) is 30.7 Å². The van der Waals surface area contributed by atoms with Gasteiger partial charge in [-0.2, -0.15) is 0 Å². The van der Waals surface area contributed by atoms with Gasteiger partial charge in [-0.15, -0.1) is 10.2 Å². The summed E-state index contributed by atoms with van der Waals surface area (Å²) in [7, 11) is 0. The molecule has 0 radical (unpaired) electrons. The first-order chi connectivity index (χ1) is 8.54. The summed E-state index contributed by atoms with van der Waals surface area (Å²) in [5.41, 5.74) is 1.32. The van der Waals surface area contributed by atoms with Crippen molar-refractivity contribution in [2.45, 2.75) is 45.6 Å². The highest BCUT2D eigenvalue weighted by Crippen LogP contribution is 2.29. The van der Waals surface area contributed by atoms with Crippen LogP contribution >= 0.6 is 0 Å². The fraction of sp³-hybridized carbons (Fsp3) is 0.467. The van der Waals surface area contributed by atoms with Crippen molar-refractivity contribution in [1.82, 2.24) is 14.8 Å². The lowest BCUT2D eigenvalue weighted by Gasteiger charge is -2.25. The molecule has 96 valence electrons. The van der Waals surface area contributed by atoms with Crippen molar-refractivity contribution in [3.8, 4) is 0 Å². The first kappa shape index (κ1) is 12.8. The number of hydrogen-bond donors (Lipinski definition) is 0. The molecule has 2 aromatic rings. The van der Waals surface area contributed by atoms with Gasteiger partial charge in [-0.05, 0) is 32.8 Å². The lowest BCUT2D eigenvalue weighted by molar-refractivity contribution is 0.375. The van der Waals surface area contributed by atoms with E-state index in [0.29, 0.717) is 5.92 Å². The Labute approximate surface area is 109 Å². The van der Waals surface area contributed by atoms with Crippen molar-refractivity contribution in [2.75, 3.05) is 0 Å². The lowest BCUT2D eigenvalue weighted by atomic mass is 9.94. The molecule has 0 N–H and O–H groups in total. The molecule has 0 fully saturated rings. The van der Waals surface area contributed by atoms with Crippen LogP contribution in [0.5, 0.6) is 0 Å². The number of benzene rings is 1. The van der Waals surface area contributed by atoms with Crippen LogP contribution in [-0.4, -0.2) is 14.8 Å². The summed E-state index contributed by atoms with van der Waals surface area (Å²) < 4.78 is 2.17. The SMILES string of the molecule is CCC(c1ccccc1)c1nncn1C(C)(C)C. The van der Waals surface area contributed by atoms with Crippen LogP contribution in [0.25, 0.3) is 0 Å². The van der Waals surface area contributed by atoms with Gasteiger partial charge in [-0.25, -0.2) is 0 Å². The van der Waals surface area contributed by atoms with Gasteiger partial charge in [0.2, 0.25) is 0 Å². The van der Waals surface area contributed by atoms with Gasteiger partial charge in [-0.1, -0.05) is 37.3 Å². The van der Waals surface area contributed by atoms with Gasteiger partial charge in [0.1, 0.15) is 12.2 Å². The standard InChI is InChI=1S/C15H21N3/c1-5-13(12-9-7-6-8-10-12)14-17-16-11-18(14)15(2,3)4/h6-11,13H,5H2,1-4H3. The van der Waals surface area contributed by atoms with Crippen molar-refractivity contribution in [2.24, 2.45) is 0 Å². The minimum Gasteiger partial charge on any atom is -0.312 e. The van der Waals surface area contributed by atoms with Crippen LogP contribution in [0.1, 0.15) is 51.4 Å². The smallest absolute Gasteiger partial charge is 0.140 e. The fourth-order valence-corrected chi connectivity index (χ4v) is 2.25. The summed E-state index contributed by atoms with van der Waals surface area (Å²) in [6.45, 7) is 8.73. The third-order valence-electron chi connectivity index (χ3n) is 3.22. The van der Waals surface area contributed by atoms with Crippen molar-refractivity contribution >= 4 is 0 Å². The molecule has 0 aliphatic carbocycles. The first-order valence-corrected chi connectivity index (χ1v) is 6.49. The molecule has 1 aromatic heterocycles. The van der Waals surface area contributed by atoms with E-state index in [-0.39, 0.29) is 5.54 Å². The van der Waals surface area contributed by atoms with E-state index in [9.17, 15) is 0 Å². The highest BCUT2D eigenvalue weighted by atomic mass is 15.3. The zero-order chi connectivity index (χ0) is 13.2. The molecule has 1 aromatic carbocycles. The second kappa shape index (κ2) is 4.92. The molecule has 0 aliphatic heterocycles. The van der Waals surface area contributed by atoms with Crippen LogP contribution in [0.15, 0.2) is 36.7 Å². The Balaban J connectivity index is 2.44. The summed E-state index contributed by atoms with van der Waals surface area (Å²) in [6.07, 6.45) is 2.86. The van der Waals surface area contributed by atoms with Crippen molar-refractivity contribution in [3.63, 3.8) is 0 Å². The Hall–Kier alpha value is -1.64. The highest BCUT2D eigenvalue weighted by molar-refractivity contribution is 5.25. The van der Waals surface area contributed by atoms with Crippen LogP contribution in [0.4, 0.5) is 0 Å². The summed E-state index contributed by atoms with van der Waals surface area (Å²) in [5, 5.41) is 8.44. The van der Waals surface area contributed by atoms with E-state index in [1.807, 2.05) is 12.4 Å². The minimum atomic E-state index is 0.0149. The van der Waals surface area contributed by atoms with Crippen LogP contribution in [-0.2, 0) is 5.54 Å². The monoisotopic (exact) mass is 243 g/mol. The molecule has 3 nitrogen and oxygen atoms in total. The second-order valence-electron chi connectivity index (χ2n) is 5.60. The van der Waals surface area contributed by atoms with Gasteiger partial charge in [0.05, 0.1) is 0 Å². The predicted octanol–water partition coefficient (Wildman–Crippen LogP) is 3.58. The molecule has 0 spiro atoms. The Morgan fingerprint density at radius 3 is 2.39 bits per heavy atom. The van der Waals surface area contributed by atoms with E-state index in [2.05, 4.69) is 66.7 Å². The van der Waals surface area contributed by atoms with Crippen molar-refractivity contribution < 1.29 is 0 Å². The average Bonchev–Trinajstić information content (AvgIpc) is 2.80. The van der Waals surface area contributed by atoms with E-state index in [4.69, 9.17) is 0 Å². The predicted molar refractivity (Wildman–Crippen MR) is 73.6 cm³/mol. The minimum absolute atomic E-state index is 0.0149. The molecule has 1 atom stereocenters. The number of nitrogens with zero attached hydrogens (tertiary/aromatic N) is 3. The number of hydrogen-bond acceptors (Lipinski definition) is 2. The molecule has 0 saturated heterocycles. The maximum absolute atomic E-state index is 4.34. The molecular weight excluding hydrogens is 222 g/mol. The number of rotatable bonds is 3. The van der Waals surface area contributed by atoms with Crippen LogP contribution in [0.3, 0.4) is 0 Å². The lowest BCUT2D eigenvalue weighted by Crippen LogP contribution is -2.25. The van der Waals surface area contributed by atoms with E-state index in [0.717, 1.165) is 12.2 Å². The Morgan fingerprint density at radius 2 is 1.83 bits per heavy atom. The fourth-order valence-electron chi connectivity index (χ4n) is 2.25. The summed E-state index contributed by atoms with van der Waals surface area (Å²) in [5.74, 6) is 1.36. The quantitative estimate of drug-likeness (QED) is 0.825. The van der Waals surface area contributed by atoms with Crippen LogP contribution < -0.4 is 0 Å². The summed E-state index contributed by atoms with van der Waals surface area (Å²) in [6, 6.07) is 10.5. The maximum atomic E-state index is 4.34. The Kier molecular flexibility index (Phi) is 3.50. The van der Waals surface area contributed by atoms with Crippen molar-refractivity contribution in [3.05, 3.63) is 48.0 Å². The maximum Gasteiger partial charge on any atom is 0.140 e. The molecule has 1 heterocycles. The molecule has 0 saturated carbocycles. The average molecular weight is 243 g/mol. The molecule has 18 heavy (non-hydrogen) atoms. The van der Waals surface area contributed by atoms with E-state index in [1.54, 1.807) is 0 Å².